The van der Waals surface area contributed by atoms with E-state index in [1.54, 1.807) is 7.11 Å². The van der Waals surface area contributed by atoms with E-state index in [9.17, 15) is 4.79 Å². The number of carbonyl (C=O) groups excluding carboxylic acids is 1. The Hall–Kier alpha value is -2.25. The third kappa shape index (κ3) is 3.05. The second-order valence-electron chi connectivity index (χ2n) is 6.49. The summed E-state index contributed by atoms with van der Waals surface area (Å²) < 4.78 is 16.6. The molecule has 1 aromatic carbocycles. The summed E-state index contributed by atoms with van der Waals surface area (Å²) in [5.41, 5.74) is 0.790. The van der Waals surface area contributed by atoms with E-state index in [4.69, 9.17) is 14.2 Å². The summed E-state index contributed by atoms with van der Waals surface area (Å²) in [5.74, 6) is 0.856. The summed E-state index contributed by atoms with van der Waals surface area (Å²) in [6.45, 7) is 1.27. The summed E-state index contributed by atoms with van der Waals surface area (Å²) in [6, 6.07) is 7.64. The Morgan fingerprint density at radius 2 is 2.24 bits per heavy atom. The average Bonchev–Trinajstić information content (AvgIpc) is 3.07. The predicted molar refractivity (Wildman–Crippen MR) is 90.2 cm³/mol. The van der Waals surface area contributed by atoms with Crippen molar-refractivity contribution >= 4 is 16.8 Å². The zero-order valence-corrected chi connectivity index (χ0v) is 14.1. The smallest absolute Gasteiger partial charge is 0.258 e. The van der Waals surface area contributed by atoms with Crippen molar-refractivity contribution in [3.8, 4) is 5.88 Å². The first-order valence-electron chi connectivity index (χ1n) is 8.50. The Morgan fingerprint density at radius 1 is 1.36 bits per heavy atom. The fourth-order valence-electron chi connectivity index (χ4n) is 3.89. The molecule has 1 saturated carbocycles. The molecule has 7 heteroatoms. The van der Waals surface area contributed by atoms with Gasteiger partial charge in [0.15, 0.2) is 6.61 Å². The highest BCUT2D eigenvalue weighted by molar-refractivity contribution is 5.84. The Kier molecular flexibility index (Phi) is 4.50. The van der Waals surface area contributed by atoms with Gasteiger partial charge in [0, 0.05) is 31.6 Å². The van der Waals surface area contributed by atoms with E-state index in [1.165, 1.54) is 6.33 Å². The van der Waals surface area contributed by atoms with Gasteiger partial charge in [0.2, 0.25) is 5.88 Å². The second kappa shape index (κ2) is 6.93. The van der Waals surface area contributed by atoms with Crippen LogP contribution in [0.2, 0.25) is 0 Å². The lowest BCUT2D eigenvalue weighted by molar-refractivity contribution is -0.131. The van der Waals surface area contributed by atoms with Crippen molar-refractivity contribution in [2.24, 2.45) is 11.8 Å². The number of para-hydroxylation sites is 1. The average molecular weight is 343 g/mol. The van der Waals surface area contributed by atoms with Gasteiger partial charge < -0.3 is 19.5 Å². The number of carbonyl (C=O) groups is 1. The highest BCUT2D eigenvalue weighted by atomic mass is 16.5. The molecule has 25 heavy (non-hydrogen) atoms. The van der Waals surface area contributed by atoms with E-state index in [-0.39, 0.29) is 30.6 Å². The van der Waals surface area contributed by atoms with Gasteiger partial charge in [-0.2, -0.15) is 0 Å². The molecule has 2 aromatic rings. The van der Waals surface area contributed by atoms with Crippen molar-refractivity contribution in [1.82, 2.24) is 15.3 Å². The molecule has 0 spiro atoms. The standard InChI is InChI=1S/C18H21N3O4/c1-23-8-13-16(12-6-7-24-17(12)13)21-15(22)9-25-18-11-4-2-3-5-14(11)19-10-20-18/h2-5,10,12-13,16-17H,6-9H2,1H3,(H,21,22)/t12-,13-,16-,17-/m1/s1. The summed E-state index contributed by atoms with van der Waals surface area (Å²) in [5, 5.41) is 3.87. The van der Waals surface area contributed by atoms with Crippen LogP contribution in [-0.2, 0) is 14.3 Å². The summed E-state index contributed by atoms with van der Waals surface area (Å²) in [4.78, 5) is 20.7. The third-order valence-corrected chi connectivity index (χ3v) is 5.06. The number of rotatable bonds is 6. The quantitative estimate of drug-likeness (QED) is 0.848. The largest absolute Gasteiger partial charge is 0.467 e. The maximum absolute atomic E-state index is 12.3. The Morgan fingerprint density at radius 3 is 3.12 bits per heavy atom. The number of amides is 1. The molecule has 2 fully saturated rings. The van der Waals surface area contributed by atoms with Crippen LogP contribution in [0.15, 0.2) is 30.6 Å². The van der Waals surface area contributed by atoms with Crippen LogP contribution in [0.4, 0.5) is 0 Å². The molecule has 4 atom stereocenters. The minimum Gasteiger partial charge on any atom is -0.467 e. The second-order valence-corrected chi connectivity index (χ2v) is 6.49. The fourth-order valence-corrected chi connectivity index (χ4v) is 3.89. The lowest BCUT2D eigenvalue weighted by atomic mass is 9.67. The van der Waals surface area contributed by atoms with Crippen molar-refractivity contribution < 1.29 is 19.0 Å². The molecule has 1 amide bonds. The van der Waals surface area contributed by atoms with E-state index in [0.717, 1.165) is 23.9 Å². The summed E-state index contributed by atoms with van der Waals surface area (Å²) in [7, 11) is 1.67. The first-order chi connectivity index (χ1) is 12.3. The molecule has 1 aliphatic carbocycles. The normalized spacial score (nSPS) is 27.6. The number of hydrogen-bond acceptors (Lipinski definition) is 6. The number of methoxy groups -OCH3 is 1. The number of nitrogens with zero attached hydrogens (tertiary/aromatic N) is 2. The third-order valence-electron chi connectivity index (χ3n) is 5.06. The van der Waals surface area contributed by atoms with Crippen LogP contribution >= 0.6 is 0 Å². The molecule has 2 aliphatic rings. The molecule has 0 unspecified atom stereocenters. The Bertz CT molecular complexity index is 764. The Labute approximate surface area is 145 Å². The summed E-state index contributed by atoms with van der Waals surface area (Å²) in [6.07, 6.45) is 2.63. The Balaban J connectivity index is 1.37. The van der Waals surface area contributed by atoms with Crippen LogP contribution in [0, 0.1) is 11.8 Å². The molecule has 2 heterocycles. The minimum absolute atomic E-state index is 0.0740. The van der Waals surface area contributed by atoms with Crippen LogP contribution in [-0.4, -0.2) is 55.0 Å². The van der Waals surface area contributed by atoms with Gasteiger partial charge in [-0.25, -0.2) is 9.97 Å². The van der Waals surface area contributed by atoms with Gasteiger partial charge in [-0.05, 0) is 18.6 Å². The number of ether oxygens (including phenoxy) is 3. The monoisotopic (exact) mass is 343 g/mol. The van der Waals surface area contributed by atoms with Gasteiger partial charge >= 0.3 is 0 Å². The van der Waals surface area contributed by atoms with Crippen LogP contribution in [0.25, 0.3) is 10.9 Å². The molecule has 1 aromatic heterocycles. The molecule has 1 saturated heterocycles. The zero-order valence-electron chi connectivity index (χ0n) is 14.1. The molecule has 1 N–H and O–H groups in total. The van der Waals surface area contributed by atoms with Crippen molar-refractivity contribution in [2.45, 2.75) is 18.6 Å². The van der Waals surface area contributed by atoms with E-state index < -0.39 is 0 Å². The van der Waals surface area contributed by atoms with E-state index in [0.29, 0.717) is 18.4 Å². The number of nitrogens with one attached hydrogen (secondary N) is 1. The summed E-state index contributed by atoms with van der Waals surface area (Å²) >= 11 is 0. The fraction of sp³-hybridized carbons (Fsp3) is 0.500. The van der Waals surface area contributed by atoms with Crippen molar-refractivity contribution in [1.29, 1.82) is 0 Å². The molecular formula is C18H21N3O4. The molecule has 0 radical (unpaired) electrons. The number of hydrogen-bond donors (Lipinski definition) is 1. The van der Waals surface area contributed by atoms with Gasteiger partial charge in [-0.3, -0.25) is 4.79 Å². The lowest BCUT2D eigenvalue weighted by Crippen LogP contribution is -2.63. The SMILES string of the molecule is COC[C@@H]1[C@H](NC(=O)COc2ncnc3ccccc23)[C@H]2CCO[C@H]21. The zero-order chi connectivity index (χ0) is 17.2. The molecule has 1 aliphatic heterocycles. The van der Waals surface area contributed by atoms with Crippen molar-refractivity contribution in [2.75, 3.05) is 26.9 Å². The highest BCUT2D eigenvalue weighted by Gasteiger charge is 2.54. The van der Waals surface area contributed by atoms with Gasteiger partial charge in [-0.1, -0.05) is 12.1 Å². The highest BCUT2D eigenvalue weighted by Crippen LogP contribution is 2.43. The number of aromatic nitrogens is 2. The van der Waals surface area contributed by atoms with Gasteiger partial charge in [0.25, 0.3) is 5.91 Å². The molecule has 7 nitrogen and oxygen atoms in total. The van der Waals surface area contributed by atoms with Crippen molar-refractivity contribution in [3.63, 3.8) is 0 Å². The lowest BCUT2D eigenvalue weighted by Gasteiger charge is -2.47. The maximum Gasteiger partial charge on any atom is 0.258 e. The molecular weight excluding hydrogens is 322 g/mol. The van der Waals surface area contributed by atoms with Crippen LogP contribution in [0.1, 0.15) is 6.42 Å². The molecule has 0 bridgehead atoms. The molecule has 132 valence electrons. The van der Waals surface area contributed by atoms with E-state index in [2.05, 4.69) is 15.3 Å². The van der Waals surface area contributed by atoms with Gasteiger partial charge in [0.05, 0.1) is 23.6 Å². The predicted octanol–water partition coefficient (Wildman–Crippen LogP) is 1.17. The van der Waals surface area contributed by atoms with Crippen LogP contribution < -0.4 is 10.1 Å². The minimum atomic E-state index is -0.154. The van der Waals surface area contributed by atoms with Crippen molar-refractivity contribution in [3.05, 3.63) is 30.6 Å². The van der Waals surface area contributed by atoms with Gasteiger partial charge in [0.1, 0.15) is 6.33 Å². The van der Waals surface area contributed by atoms with Gasteiger partial charge in [-0.15, -0.1) is 0 Å². The molecule has 4 rings (SSSR count). The first kappa shape index (κ1) is 16.2. The van der Waals surface area contributed by atoms with E-state index in [1.807, 2.05) is 24.3 Å². The van der Waals surface area contributed by atoms with Crippen LogP contribution in [0.5, 0.6) is 5.88 Å². The topological polar surface area (TPSA) is 82.6 Å². The first-order valence-corrected chi connectivity index (χ1v) is 8.50. The number of fused-ring (bicyclic) bond motifs is 2. The number of benzene rings is 1. The van der Waals surface area contributed by atoms with E-state index >= 15 is 0 Å². The van der Waals surface area contributed by atoms with Crippen LogP contribution in [0.3, 0.4) is 0 Å². The maximum atomic E-state index is 12.3.